The number of carbonyl (C=O) groups excluding carboxylic acids is 1. The van der Waals surface area contributed by atoms with Gasteiger partial charge in [0.15, 0.2) is 0 Å². The number of phosphoric acid groups is 1. The van der Waals surface area contributed by atoms with Crippen LogP contribution in [0, 0.1) is 0 Å². The molecule has 0 aliphatic carbocycles. The van der Waals surface area contributed by atoms with Gasteiger partial charge in [0.1, 0.15) is 12.2 Å². The molecule has 0 aromatic heterocycles. The minimum absolute atomic E-state index is 0.0491. The highest BCUT2D eigenvalue weighted by Crippen LogP contribution is 2.43. The molecule has 0 aliphatic rings. The van der Waals surface area contributed by atoms with Gasteiger partial charge in [-0.3, -0.25) is 13.8 Å². The molecule has 0 heterocycles. The zero-order valence-corrected chi connectivity index (χ0v) is 26.9. The van der Waals surface area contributed by atoms with Gasteiger partial charge in [-0.25, -0.2) is 4.57 Å². The zero-order chi connectivity index (χ0) is 30.4. The average molecular weight is 609 g/mol. The Balaban J connectivity index is 4.31. The number of hydrogen-bond donors (Lipinski definition) is 3. The van der Waals surface area contributed by atoms with Crippen LogP contribution in [-0.2, 0) is 27.9 Å². The largest absolute Gasteiger partial charge is 0.472 e. The Labute approximate surface area is 250 Å². The zero-order valence-electron chi connectivity index (χ0n) is 26.0. The number of allylic oxidation sites excluding steroid dienone is 2. The van der Waals surface area contributed by atoms with Gasteiger partial charge in [-0.15, -0.1) is 0 Å². The minimum atomic E-state index is -4.50. The molecule has 0 rings (SSSR count). The maximum absolute atomic E-state index is 12.4. The van der Waals surface area contributed by atoms with Crippen LogP contribution in [0.3, 0.4) is 0 Å². The molecule has 0 aliphatic heterocycles. The summed E-state index contributed by atoms with van der Waals surface area (Å²) in [4.78, 5) is 22.3. The average Bonchev–Trinajstić information content (AvgIpc) is 2.96. The van der Waals surface area contributed by atoms with Gasteiger partial charge in [-0.1, -0.05) is 103 Å². The molecular weight excluding hydrogens is 547 g/mol. The molecule has 0 aromatic carbocycles. The molecule has 3 unspecified atom stereocenters. The summed E-state index contributed by atoms with van der Waals surface area (Å²) in [6, 6.07) is 0. The molecule has 3 N–H and O–H groups in total. The quantitative estimate of drug-likeness (QED) is 0.0318. The molecule has 0 saturated heterocycles. The summed E-state index contributed by atoms with van der Waals surface area (Å²) in [6.45, 7) is 3.44. The number of esters is 1. The first-order chi connectivity index (χ1) is 19.8. The van der Waals surface area contributed by atoms with Crippen LogP contribution in [-0.4, -0.2) is 66.3 Å². The van der Waals surface area contributed by atoms with Crippen molar-refractivity contribution >= 4 is 13.8 Å². The van der Waals surface area contributed by atoms with Crippen molar-refractivity contribution in [3.05, 3.63) is 12.2 Å². The number of carbonyl (C=O) groups is 1. The van der Waals surface area contributed by atoms with Gasteiger partial charge in [0.05, 0.1) is 26.4 Å². The predicted molar refractivity (Wildman–Crippen MR) is 164 cm³/mol. The highest BCUT2D eigenvalue weighted by Gasteiger charge is 2.26. The number of hydrogen-bond acceptors (Lipinski definition) is 8. The lowest BCUT2D eigenvalue weighted by molar-refractivity contribution is -0.154. The van der Waals surface area contributed by atoms with E-state index in [1.165, 1.54) is 57.8 Å². The van der Waals surface area contributed by atoms with Crippen molar-refractivity contribution in [1.29, 1.82) is 0 Å². The van der Waals surface area contributed by atoms with Crippen molar-refractivity contribution in [3.63, 3.8) is 0 Å². The van der Waals surface area contributed by atoms with Crippen molar-refractivity contribution in [2.75, 3.05) is 33.0 Å². The third-order valence-electron chi connectivity index (χ3n) is 6.70. The number of rotatable bonds is 31. The van der Waals surface area contributed by atoms with Crippen LogP contribution in [0.15, 0.2) is 12.2 Å². The van der Waals surface area contributed by atoms with Crippen LogP contribution in [0.1, 0.15) is 136 Å². The van der Waals surface area contributed by atoms with E-state index in [1.54, 1.807) is 0 Å². The molecule has 0 aromatic rings. The Morgan fingerprint density at radius 3 is 1.88 bits per heavy atom. The molecule has 244 valence electrons. The molecule has 0 amide bonds. The highest BCUT2D eigenvalue weighted by molar-refractivity contribution is 7.47. The maximum atomic E-state index is 12.4. The smallest absolute Gasteiger partial charge is 0.457 e. The standard InChI is InChI=1S/C31H61O9P/c1-3-5-7-9-11-13-14-15-16-17-19-21-23-31(34)40-30(28-39-41(35,36)38-26-29(33)25-32)27-37-24-22-20-18-12-10-8-6-4-2/h11,13,29-30,32-33H,3-10,12,14-28H2,1-2H3,(H,35,36)/b13-11-. The van der Waals surface area contributed by atoms with Crippen molar-refractivity contribution in [1.82, 2.24) is 0 Å². The summed E-state index contributed by atoms with van der Waals surface area (Å²) < 4.78 is 33.0. The molecule has 41 heavy (non-hydrogen) atoms. The van der Waals surface area contributed by atoms with Crippen LogP contribution < -0.4 is 0 Å². The number of aliphatic hydroxyl groups is 2. The fraction of sp³-hybridized carbons (Fsp3) is 0.903. The highest BCUT2D eigenvalue weighted by atomic mass is 31.2. The first-order valence-electron chi connectivity index (χ1n) is 16.2. The summed E-state index contributed by atoms with van der Waals surface area (Å²) in [5.41, 5.74) is 0. The predicted octanol–water partition coefficient (Wildman–Crippen LogP) is 7.41. The summed E-state index contributed by atoms with van der Waals surface area (Å²) in [6.07, 6.45) is 23.2. The second kappa shape index (κ2) is 29.3. The van der Waals surface area contributed by atoms with E-state index in [4.69, 9.17) is 19.1 Å². The van der Waals surface area contributed by atoms with E-state index in [9.17, 15) is 19.4 Å². The lowest BCUT2D eigenvalue weighted by Gasteiger charge is -2.20. The van der Waals surface area contributed by atoms with E-state index in [0.29, 0.717) is 6.61 Å². The van der Waals surface area contributed by atoms with Crippen molar-refractivity contribution < 1.29 is 43.0 Å². The minimum Gasteiger partial charge on any atom is -0.457 e. The van der Waals surface area contributed by atoms with E-state index >= 15 is 0 Å². The summed E-state index contributed by atoms with van der Waals surface area (Å²) >= 11 is 0. The Kier molecular flexibility index (Phi) is 28.7. The monoisotopic (exact) mass is 608 g/mol. The summed E-state index contributed by atoms with van der Waals surface area (Å²) in [7, 11) is -4.50. The van der Waals surface area contributed by atoms with Crippen LogP contribution in [0.2, 0.25) is 0 Å². The fourth-order valence-electron chi connectivity index (χ4n) is 4.17. The van der Waals surface area contributed by atoms with Crippen LogP contribution in [0.25, 0.3) is 0 Å². The maximum Gasteiger partial charge on any atom is 0.472 e. The molecule has 10 heteroatoms. The third kappa shape index (κ3) is 29.1. The Morgan fingerprint density at radius 2 is 1.24 bits per heavy atom. The first kappa shape index (κ1) is 40.2. The SMILES string of the molecule is CCCCC/C=C\CCCCCCCC(=O)OC(COCCCCCCCCCC)COP(=O)(O)OCC(O)CO. The number of phosphoric ester groups is 1. The second-order valence-electron chi connectivity index (χ2n) is 10.8. The Hall–Kier alpha value is -0.800. The van der Waals surface area contributed by atoms with Gasteiger partial charge in [-0.05, 0) is 38.5 Å². The van der Waals surface area contributed by atoms with E-state index in [-0.39, 0.29) is 19.6 Å². The fourth-order valence-corrected chi connectivity index (χ4v) is 4.96. The lowest BCUT2D eigenvalue weighted by Crippen LogP contribution is -2.29. The van der Waals surface area contributed by atoms with Crippen LogP contribution in [0.4, 0.5) is 0 Å². The molecule has 0 saturated carbocycles. The van der Waals surface area contributed by atoms with Gasteiger partial charge >= 0.3 is 13.8 Å². The molecule has 0 radical (unpaired) electrons. The molecule has 9 nitrogen and oxygen atoms in total. The van der Waals surface area contributed by atoms with E-state index in [1.807, 2.05) is 0 Å². The Morgan fingerprint density at radius 1 is 0.732 bits per heavy atom. The summed E-state index contributed by atoms with van der Waals surface area (Å²) in [5, 5.41) is 18.2. The lowest BCUT2D eigenvalue weighted by atomic mass is 10.1. The molecule has 0 spiro atoms. The van der Waals surface area contributed by atoms with E-state index in [2.05, 4.69) is 30.5 Å². The number of unbranched alkanes of at least 4 members (excludes halogenated alkanes) is 15. The van der Waals surface area contributed by atoms with Crippen LogP contribution in [0.5, 0.6) is 0 Å². The summed E-state index contributed by atoms with van der Waals surface area (Å²) in [5.74, 6) is -0.395. The van der Waals surface area contributed by atoms with Crippen LogP contribution >= 0.6 is 7.82 Å². The molecule has 3 atom stereocenters. The molecule has 0 fully saturated rings. The van der Waals surface area contributed by atoms with Gasteiger partial charge in [0, 0.05) is 13.0 Å². The molecule has 0 bridgehead atoms. The number of aliphatic hydroxyl groups excluding tert-OH is 2. The van der Waals surface area contributed by atoms with Gasteiger partial charge in [-0.2, -0.15) is 0 Å². The third-order valence-corrected chi connectivity index (χ3v) is 7.65. The Bertz CT molecular complexity index is 659. The van der Waals surface area contributed by atoms with E-state index in [0.717, 1.165) is 57.8 Å². The molecular formula is C31H61O9P. The normalized spacial score (nSPS) is 14.8. The first-order valence-corrected chi connectivity index (χ1v) is 17.7. The van der Waals surface area contributed by atoms with Gasteiger partial charge in [0.2, 0.25) is 0 Å². The second-order valence-corrected chi connectivity index (χ2v) is 12.3. The topological polar surface area (TPSA) is 132 Å². The van der Waals surface area contributed by atoms with Gasteiger partial charge < -0.3 is 24.6 Å². The van der Waals surface area contributed by atoms with E-state index < -0.39 is 39.2 Å². The van der Waals surface area contributed by atoms with Gasteiger partial charge in [0.25, 0.3) is 0 Å². The van der Waals surface area contributed by atoms with Crippen molar-refractivity contribution in [2.45, 2.75) is 148 Å². The van der Waals surface area contributed by atoms with Crippen molar-refractivity contribution in [2.24, 2.45) is 0 Å². The number of ether oxygens (including phenoxy) is 2. The van der Waals surface area contributed by atoms with Crippen molar-refractivity contribution in [3.8, 4) is 0 Å².